The summed E-state index contributed by atoms with van der Waals surface area (Å²) in [7, 11) is -3.69. The number of hydrogen-bond donors (Lipinski definition) is 2. The maximum absolute atomic E-state index is 12.5. The summed E-state index contributed by atoms with van der Waals surface area (Å²) in [6.45, 7) is 1.46. The third-order valence-electron chi connectivity index (χ3n) is 3.47. The minimum Gasteiger partial charge on any atom is -0.391 e. The molecule has 0 spiro atoms. The Morgan fingerprint density at radius 2 is 2.14 bits per heavy atom. The zero-order chi connectivity index (χ0) is 15.0. The molecule has 0 atom stereocenters. The summed E-state index contributed by atoms with van der Waals surface area (Å²) >= 11 is 2.67. The third kappa shape index (κ3) is 2.85. The van der Waals surface area contributed by atoms with Crippen LogP contribution in [0.4, 0.5) is 5.13 Å². The number of rotatable bonds is 4. The highest BCUT2D eigenvalue weighted by molar-refractivity contribution is 7.93. The highest BCUT2D eigenvalue weighted by atomic mass is 32.2. The summed E-state index contributed by atoms with van der Waals surface area (Å²) in [4.78, 5) is 6.23. The Morgan fingerprint density at radius 3 is 2.86 bits per heavy atom. The van der Waals surface area contributed by atoms with Gasteiger partial charge in [0.2, 0.25) is 0 Å². The van der Waals surface area contributed by atoms with E-state index < -0.39 is 10.0 Å². The van der Waals surface area contributed by atoms with Gasteiger partial charge in [-0.05, 0) is 43.6 Å². The highest BCUT2D eigenvalue weighted by Gasteiger charge is 2.25. The van der Waals surface area contributed by atoms with Crippen molar-refractivity contribution in [3.05, 3.63) is 26.4 Å². The van der Waals surface area contributed by atoms with Crippen molar-refractivity contribution < 1.29 is 13.5 Å². The molecule has 2 aromatic rings. The van der Waals surface area contributed by atoms with E-state index in [1.165, 1.54) is 27.6 Å². The van der Waals surface area contributed by atoms with E-state index in [1.807, 2.05) is 0 Å². The summed E-state index contributed by atoms with van der Waals surface area (Å²) in [6.07, 6.45) is 4.15. The number of aliphatic hydroxyl groups is 1. The fourth-order valence-electron chi connectivity index (χ4n) is 2.52. The zero-order valence-corrected chi connectivity index (χ0v) is 14.0. The van der Waals surface area contributed by atoms with E-state index in [9.17, 15) is 13.5 Å². The number of sulfonamides is 1. The number of nitrogens with zero attached hydrogens (tertiary/aromatic N) is 1. The van der Waals surface area contributed by atoms with Crippen LogP contribution in [0.15, 0.2) is 10.3 Å². The second-order valence-corrected chi connectivity index (χ2v) is 8.70. The molecule has 8 heteroatoms. The summed E-state index contributed by atoms with van der Waals surface area (Å²) in [6, 6.07) is 0. The lowest BCUT2D eigenvalue weighted by Gasteiger charge is -2.06. The molecule has 0 aliphatic heterocycles. The number of aromatic nitrogens is 1. The van der Waals surface area contributed by atoms with Crippen LogP contribution in [-0.2, 0) is 29.5 Å². The first-order valence-electron chi connectivity index (χ1n) is 6.70. The normalized spacial score (nSPS) is 15.0. The molecule has 1 aliphatic rings. The van der Waals surface area contributed by atoms with Gasteiger partial charge in [-0.1, -0.05) is 0 Å². The average molecular weight is 344 g/mol. The van der Waals surface area contributed by atoms with Crippen LogP contribution in [0.5, 0.6) is 0 Å². The number of hydrogen-bond acceptors (Lipinski definition) is 6. The smallest absolute Gasteiger partial charge is 0.265 e. The topological polar surface area (TPSA) is 79.3 Å². The van der Waals surface area contributed by atoms with Crippen molar-refractivity contribution in [2.45, 2.75) is 44.1 Å². The van der Waals surface area contributed by atoms with E-state index in [1.54, 1.807) is 12.3 Å². The Hall–Kier alpha value is -0.960. The molecule has 0 amide bonds. The van der Waals surface area contributed by atoms with Crippen LogP contribution in [0.25, 0.3) is 0 Å². The molecular weight excluding hydrogens is 328 g/mol. The molecule has 0 aromatic carbocycles. The van der Waals surface area contributed by atoms with Gasteiger partial charge in [0.15, 0.2) is 5.13 Å². The van der Waals surface area contributed by atoms with E-state index in [0.29, 0.717) is 15.6 Å². The quantitative estimate of drug-likeness (QED) is 0.894. The standard InChI is InChI=1S/C13H16N2O3S3/c1-8-7-19-11(6-16)12(8)21(17,18)15-13-14-9-4-2-3-5-10(9)20-13/h7,16H,2-6H2,1H3,(H,14,15). The molecule has 0 radical (unpaired) electrons. The van der Waals surface area contributed by atoms with E-state index >= 15 is 0 Å². The minimum atomic E-state index is -3.69. The largest absolute Gasteiger partial charge is 0.391 e. The van der Waals surface area contributed by atoms with Gasteiger partial charge in [-0.15, -0.1) is 22.7 Å². The highest BCUT2D eigenvalue weighted by Crippen LogP contribution is 2.33. The zero-order valence-electron chi connectivity index (χ0n) is 11.5. The van der Waals surface area contributed by atoms with Gasteiger partial charge in [0.1, 0.15) is 4.90 Å². The number of fused-ring (bicyclic) bond motifs is 1. The number of aryl methyl sites for hydroxylation is 3. The summed E-state index contributed by atoms with van der Waals surface area (Å²) in [5, 5.41) is 11.5. The van der Waals surface area contributed by atoms with Crippen molar-refractivity contribution >= 4 is 37.8 Å². The van der Waals surface area contributed by atoms with Crippen LogP contribution in [-0.4, -0.2) is 18.5 Å². The molecule has 5 nitrogen and oxygen atoms in total. The number of nitrogens with one attached hydrogen (secondary N) is 1. The van der Waals surface area contributed by atoms with Gasteiger partial charge in [0.25, 0.3) is 10.0 Å². The molecule has 114 valence electrons. The monoisotopic (exact) mass is 344 g/mol. The van der Waals surface area contributed by atoms with E-state index in [4.69, 9.17) is 0 Å². The van der Waals surface area contributed by atoms with Gasteiger partial charge in [0, 0.05) is 4.88 Å². The molecule has 21 heavy (non-hydrogen) atoms. The molecule has 0 fully saturated rings. The number of thiophene rings is 1. The van der Waals surface area contributed by atoms with Crippen molar-refractivity contribution in [3.63, 3.8) is 0 Å². The fraction of sp³-hybridized carbons (Fsp3) is 0.462. The number of aliphatic hydroxyl groups excluding tert-OH is 1. The van der Waals surface area contributed by atoms with Crippen molar-refractivity contribution in [1.82, 2.24) is 4.98 Å². The minimum absolute atomic E-state index is 0.183. The Kier molecular flexibility index (Phi) is 4.04. The van der Waals surface area contributed by atoms with Crippen molar-refractivity contribution in [2.75, 3.05) is 4.72 Å². The number of anilines is 1. The molecule has 2 aromatic heterocycles. The van der Waals surface area contributed by atoms with Crippen molar-refractivity contribution in [3.8, 4) is 0 Å². The Labute approximate surface area is 131 Å². The first kappa shape index (κ1) is 15.0. The average Bonchev–Trinajstić information content (AvgIpc) is 3.00. The van der Waals surface area contributed by atoms with Gasteiger partial charge in [0.05, 0.1) is 17.2 Å². The van der Waals surface area contributed by atoms with E-state index in [0.717, 1.165) is 31.4 Å². The van der Waals surface area contributed by atoms with Gasteiger partial charge in [-0.3, -0.25) is 4.72 Å². The fourth-order valence-corrected chi connectivity index (χ4v) is 6.47. The molecule has 0 saturated heterocycles. The second kappa shape index (κ2) is 5.68. The first-order valence-corrected chi connectivity index (χ1v) is 9.88. The van der Waals surface area contributed by atoms with Crippen LogP contribution >= 0.6 is 22.7 Å². The van der Waals surface area contributed by atoms with Crippen LogP contribution in [0.2, 0.25) is 0 Å². The third-order valence-corrected chi connectivity index (χ3v) is 7.46. The predicted octanol–water partition coefficient (Wildman–Crippen LogP) is 2.68. The number of thiazole rings is 1. The van der Waals surface area contributed by atoms with Crippen molar-refractivity contribution in [1.29, 1.82) is 0 Å². The lowest BCUT2D eigenvalue weighted by molar-refractivity contribution is 0.282. The molecule has 0 saturated carbocycles. The van der Waals surface area contributed by atoms with Gasteiger partial charge >= 0.3 is 0 Å². The Balaban J connectivity index is 1.92. The van der Waals surface area contributed by atoms with Crippen LogP contribution in [0.1, 0.15) is 33.9 Å². The molecule has 0 bridgehead atoms. The summed E-state index contributed by atoms with van der Waals surface area (Å²) < 4.78 is 27.6. The summed E-state index contributed by atoms with van der Waals surface area (Å²) in [5.41, 5.74) is 1.67. The first-order chi connectivity index (χ1) is 10.0. The predicted molar refractivity (Wildman–Crippen MR) is 84.5 cm³/mol. The molecule has 1 aliphatic carbocycles. The lowest BCUT2D eigenvalue weighted by atomic mass is 10.0. The SMILES string of the molecule is Cc1csc(CO)c1S(=O)(=O)Nc1nc2c(s1)CCCC2. The van der Waals surface area contributed by atoms with E-state index in [-0.39, 0.29) is 11.5 Å². The maximum atomic E-state index is 12.5. The molecule has 0 unspecified atom stereocenters. The molecule has 3 rings (SSSR count). The maximum Gasteiger partial charge on any atom is 0.265 e. The summed E-state index contributed by atoms with van der Waals surface area (Å²) in [5.74, 6) is 0. The molecular formula is C13H16N2O3S3. The second-order valence-electron chi connectivity index (χ2n) is 5.03. The van der Waals surface area contributed by atoms with E-state index in [2.05, 4.69) is 9.71 Å². The van der Waals surface area contributed by atoms with Crippen LogP contribution in [0, 0.1) is 6.92 Å². The van der Waals surface area contributed by atoms with Gasteiger partial charge < -0.3 is 5.11 Å². The van der Waals surface area contributed by atoms with Crippen LogP contribution < -0.4 is 4.72 Å². The Morgan fingerprint density at radius 1 is 1.38 bits per heavy atom. The molecule has 2 N–H and O–H groups in total. The van der Waals surface area contributed by atoms with Crippen molar-refractivity contribution in [2.24, 2.45) is 0 Å². The van der Waals surface area contributed by atoms with Crippen LogP contribution in [0.3, 0.4) is 0 Å². The Bertz CT molecular complexity index is 738. The molecule has 2 heterocycles. The van der Waals surface area contributed by atoms with Gasteiger partial charge in [-0.25, -0.2) is 13.4 Å². The lowest BCUT2D eigenvalue weighted by Crippen LogP contribution is -2.14. The van der Waals surface area contributed by atoms with Gasteiger partial charge in [-0.2, -0.15) is 0 Å².